The van der Waals surface area contributed by atoms with E-state index in [1.54, 1.807) is 29.1 Å². The number of aryl methyl sites for hydroxylation is 1. The largest absolute Gasteiger partial charge is 0.312 e. The van der Waals surface area contributed by atoms with Gasteiger partial charge in [0.25, 0.3) is 0 Å². The van der Waals surface area contributed by atoms with Crippen LogP contribution < -0.4 is 0 Å². The molecule has 2 rings (SSSR count). The number of carbonyl (C=O) groups is 1. The number of Topliss-reactive ketones (excluding diaryl/α,β-unsaturated/α-hetero) is 1. The van der Waals surface area contributed by atoms with Gasteiger partial charge in [-0.1, -0.05) is 35.0 Å². The van der Waals surface area contributed by atoms with Crippen molar-refractivity contribution in [3.8, 4) is 0 Å². The molecule has 0 spiro atoms. The van der Waals surface area contributed by atoms with Gasteiger partial charge in [-0.3, -0.25) is 4.79 Å². The third kappa shape index (κ3) is 3.04. The number of ketones is 1. The summed E-state index contributed by atoms with van der Waals surface area (Å²) in [5, 5.41) is 9.20. The van der Waals surface area contributed by atoms with Crippen LogP contribution in [0.25, 0.3) is 0 Å². The van der Waals surface area contributed by atoms with E-state index in [-0.39, 0.29) is 11.5 Å². The molecule has 0 amide bonds. The van der Waals surface area contributed by atoms with Crippen molar-refractivity contribution in [3.05, 3.63) is 40.1 Å². The Morgan fingerprint density at radius 1 is 1.44 bits per heavy atom. The second-order valence-corrected chi connectivity index (χ2v) is 5.35. The number of nitrogens with zero attached hydrogens (tertiary/aromatic N) is 3. The van der Waals surface area contributed by atoms with E-state index in [1.165, 1.54) is 11.8 Å². The van der Waals surface area contributed by atoms with Crippen molar-refractivity contribution in [3.63, 3.8) is 0 Å². The second kappa shape index (κ2) is 5.73. The summed E-state index contributed by atoms with van der Waals surface area (Å²) in [6.07, 6.45) is 1.58. The molecule has 1 aromatic carbocycles. The molecular formula is C11H9Cl2N3OS. The zero-order valence-electron chi connectivity index (χ0n) is 9.43. The molecule has 0 radical (unpaired) electrons. The second-order valence-electron chi connectivity index (χ2n) is 3.56. The smallest absolute Gasteiger partial charge is 0.191 e. The fourth-order valence-electron chi connectivity index (χ4n) is 1.32. The Bertz CT molecular complexity index is 585. The van der Waals surface area contributed by atoms with Crippen molar-refractivity contribution in [1.29, 1.82) is 0 Å². The highest BCUT2D eigenvalue weighted by Crippen LogP contribution is 2.23. The lowest BCUT2D eigenvalue weighted by Gasteiger charge is -2.03. The van der Waals surface area contributed by atoms with Crippen molar-refractivity contribution >= 4 is 40.7 Å². The first-order chi connectivity index (χ1) is 8.58. The normalized spacial score (nSPS) is 10.6. The summed E-state index contributed by atoms with van der Waals surface area (Å²) in [4.78, 5) is 12.0. The average Bonchev–Trinajstić information content (AvgIpc) is 2.75. The number of rotatable bonds is 4. The quantitative estimate of drug-likeness (QED) is 0.643. The van der Waals surface area contributed by atoms with Gasteiger partial charge in [0.1, 0.15) is 6.33 Å². The van der Waals surface area contributed by atoms with Crippen LogP contribution in [0.4, 0.5) is 0 Å². The van der Waals surface area contributed by atoms with Crippen molar-refractivity contribution in [1.82, 2.24) is 14.8 Å². The maximum absolute atomic E-state index is 12.0. The molecule has 0 aliphatic heterocycles. The zero-order chi connectivity index (χ0) is 13.1. The molecule has 0 aliphatic carbocycles. The van der Waals surface area contributed by atoms with Crippen LogP contribution in [0.2, 0.25) is 10.0 Å². The number of benzene rings is 1. The van der Waals surface area contributed by atoms with Crippen LogP contribution in [0.1, 0.15) is 10.4 Å². The summed E-state index contributed by atoms with van der Waals surface area (Å²) in [6.45, 7) is 0. The molecule has 7 heteroatoms. The molecule has 18 heavy (non-hydrogen) atoms. The van der Waals surface area contributed by atoms with Gasteiger partial charge in [0.15, 0.2) is 10.9 Å². The van der Waals surface area contributed by atoms with Crippen molar-refractivity contribution in [2.24, 2.45) is 7.05 Å². The molecule has 94 valence electrons. The maximum Gasteiger partial charge on any atom is 0.191 e. The minimum Gasteiger partial charge on any atom is -0.312 e. The highest BCUT2D eigenvalue weighted by atomic mass is 35.5. The van der Waals surface area contributed by atoms with Gasteiger partial charge in [0, 0.05) is 17.6 Å². The first-order valence-corrected chi connectivity index (χ1v) is 6.77. The Kier molecular flexibility index (Phi) is 4.27. The van der Waals surface area contributed by atoms with Crippen LogP contribution in [0.5, 0.6) is 0 Å². The number of halogens is 2. The molecule has 4 nitrogen and oxygen atoms in total. The Morgan fingerprint density at radius 3 is 2.89 bits per heavy atom. The molecule has 0 unspecified atom stereocenters. The van der Waals surface area contributed by atoms with E-state index >= 15 is 0 Å². The number of thioether (sulfide) groups is 1. The van der Waals surface area contributed by atoms with Gasteiger partial charge in [-0.15, -0.1) is 10.2 Å². The SMILES string of the molecule is Cn1cnnc1SCC(=O)c1cc(Cl)ccc1Cl. The van der Waals surface area contributed by atoms with Gasteiger partial charge in [-0.05, 0) is 18.2 Å². The summed E-state index contributed by atoms with van der Waals surface area (Å²) < 4.78 is 1.75. The molecule has 0 saturated carbocycles. The molecule has 0 aliphatic rings. The predicted octanol–water partition coefficient (Wildman–Crippen LogP) is 3.10. The number of hydrogen-bond donors (Lipinski definition) is 0. The fraction of sp³-hybridized carbons (Fsp3) is 0.182. The molecule has 0 fully saturated rings. The molecule has 0 saturated heterocycles. The fourth-order valence-corrected chi connectivity index (χ4v) is 2.49. The van der Waals surface area contributed by atoms with Crippen LogP contribution in [0.15, 0.2) is 29.7 Å². The van der Waals surface area contributed by atoms with Gasteiger partial charge in [0.2, 0.25) is 0 Å². The summed E-state index contributed by atoms with van der Waals surface area (Å²) in [5.74, 6) is 0.155. The standard InChI is InChI=1S/C11H9Cl2N3OS/c1-16-6-14-15-11(16)18-5-10(17)8-4-7(12)2-3-9(8)13/h2-4,6H,5H2,1H3. The third-order valence-electron chi connectivity index (χ3n) is 2.23. The van der Waals surface area contributed by atoms with Crippen molar-refractivity contribution < 1.29 is 4.79 Å². The maximum atomic E-state index is 12.0. The zero-order valence-corrected chi connectivity index (χ0v) is 11.8. The van der Waals surface area contributed by atoms with E-state index in [0.29, 0.717) is 20.8 Å². The minimum absolute atomic E-state index is 0.0875. The molecule has 0 atom stereocenters. The van der Waals surface area contributed by atoms with Gasteiger partial charge < -0.3 is 4.57 Å². The third-order valence-corrected chi connectivity index (χ3v) is 3.83. The summed E-state index contributed by atoms with van der Waals surface area (Å²) in [7, 11) is 1.82. The first kappa shape index (κ1) is 13.4. The highest BCUT2D eigenvalue weighted by Gasteiger charge is 2.13. The molecule has 1 heterocycles. The van der Waals surface area contributed by atoms with Gasteiger partial charge in [-0.2, -0.15) is 0 Å². The van der Waals surface area contributed by atoms with E-state index in [1.807, 2.05) is 7.05 Å². The van der Waals surface area contributed by atoms with E-state index < -0.39 is 0 Å². The van der Waals surface area contributed by atoms with Crippen LogP contribution in [-0.4, -0.2) is 26.3 Å². The number of hydrogen-bond acceptors (Lipinski definition) is 4. The van der Waals surface area contributed by atoms with Crippen LogP contribution in [0, 0.1) is 0 Å². The number of carbonyl (C=O) groups excluding carboxylic acids is 1. The molecule has 0 bridgehead atoms. The Balaban J connectivity index is 2.08. The molecule has 2 aromatic rings. The van der Waals surface area contributed by atoms with Crippen molar-refractivity contribution in [2.75, 3.05) is 5.75 Å². The topological polar surface area (TPSA) is 47.8 Å². The van der Waals surface area contributed by atoms with E-state index in [2.05, 4.69) is 10.2 Å². The lowest BCUT2D eigenvalue weighted by atomic mass is 10.1. The summed E-state index contributed by atoms with van der Waals surface area (Å²) in [6, 6.07) is 4.84. The Labute approximate surface area is 118 Å². The van der Waals surface area contributed by atoms with E-state index in [0.717, 1.165) is 0 Å². The van der Waals surface area contributed by atoms with Crippen molar-refractivity contribution in [2.45, 2.75) is 5.16 Å². The van der Waals surface area contributed by atoms with Gasteiger partial charge in [0.05, 0.1) is 10.8 Å². The first-order valence-electron chi connectivity index (χ1n) is 5.03. The molecule has 0 N–H and O–H groups in total. The monoisotopic (exact) mass is 301 g/mol. The Morgan fingerprint density at radius 2 is 2.22 bits per heavy atom. The van der Waals surface area contributed by atoms with Crippen LogP contribution in [-0.2, 0) is 7.05 Å². The molecular weight excluding hydrogens is 293 g/mol. The summed E-state index contributed by atoms with van der Waals surface area (Å²) >= 11 is 13.1. The highest BCUT2D eigenvalue weighted by molar-refractivity contribution is 7.99. The lowest BCUT2D eigenvalue weighted by molar-refractivity contribution is 0.102. The predicted molar refractivity (Wildman–Crippen MR) is 72.5 cm³/mol. The van der Waals surface area contributed by atoms with Gasteiger partial charge in [-0.25, -0.2) is 0 Å². The van der Waals surface area contributed by atoms with Gasteiger partial charge >= 0.3 is 0 Å². The Hall–Kier alpha value is -1.04. The molecule has 1 aromatic heterocycles. The van der Waals surface area contributed by atoms with Crippen LogP contribution >= 0.6 is 35.0 Å². The summed E-state index contributed by atoms with van der Waals surface area (Å²) in [5.41, 5.74) is 0.429. The average molecular weight is 302 g/mol. The lowest BCUT2D eigenvalue weighted by Crippen LogP contribution is -2.04. The van der Waals surface area contributed by atoms with E-state index in [9.17, 15) is 4.79 Å². The number of aromatic nitrogens is 3. The van der Waals surface area contributed by atoms with E-state index in [4.69, 9.17) is 23.2 Å². The minimum atomic E-state index is -0.0875. The van der Waals surface area contributed by atoms with Crippen LogP contribution in [0.3, 0.4) is 0 Å².